The number of hydrogen-bond donors (Lipinski definition) is 0. The third-order valence-electron chi connectivity index (χ3n) is 4.23. The predicted molar refractivity (Wildman–Crippen MR) is 59.6 cm³/mol. The minimum absolute atomic E-state index is 0.624. The fourth-order valence-electron chi connectivity index (χ4n) is 3.64. The molecule has 1 aromatic carbocycles. The molecule has 0 nitrogen and oxygen atoms in total. The van der Waals surface area contributed by atoms with Crippen molar-refractivity contribution in [3.63, 3.8) is 0 Å². The Bertz CT molecular complexity index is 342. The summed E-state index contributed by atoms with van der Waals surface area (Å²) in [7, 11) is 0. The van der Waals surface area contributed by atoms with Gasteiger partial charge in [0.15, 0.2) is 0 Å². The molecule has 0 N–H and O–H groups in total. The maximum atomic E-state index is 2.32. The molecule has 0 saturated heterocycles. The van der Waals surface area contributed by atoms with E-state index in [2.05, 4.69) is 25.1 Å². The van der Waals surface area contributed by atoms with Crippen molar-refractivity contribution in [1.29, 1.82) is 0 Å². The van der Waals surface area contributed by atoms with Crippen LogP contribution in [-0.2, 0) is 11.8 Å². The SMILES string of the molecule is Cc1cccc2c1C1(CCCCC1)C2. The van der Waals surface area contributed by atoms with E-state index >= 15 is 0 Å². The van der Waals surface area contributed by atoms with Crippen LogP contribution < -0.4 is 0 Å². The Kier molecular flexibility index (Phi) is 1.74. The summed E-state index contributed by atoms with van der Waals surface area (Å²) in [4.78, 5) is 0. The molecule has 0 unspecified atom stereocenters. The van der Waals surface area contributed by atoms with Gasteiger partial charge in [-0.1, -0.05) is 37.5 Å². The standard InChI is InChI=1S/C14H18/c1-11-6-5-7-12-10-14(13(11)12)8-3-2-4-9-14/h5-7H,2-4,8-10H2,1H3. The Morgan fingerprint density at radius 1 is 1.07 bits per heavy atom. The first-order valence-corrected chi connectivity index (χ1v) is 5.91. The van der Waals surface area contributed by atoms with E-state index in [0.717, 1.165) is 0 Å². The van der Waals surface area contributed by atoms with E-state index in [9.17, 15) is 0 Å². The molecule has 2 aliphatic carbocycles. The lowest BCUT2D eigenvalue weighted by Gasteiger charge is -2.48. The van der Waals surface area contributed by atoms with Crippen LogP contribution in [0.4, 0.5) is 0 Å². The third kappa shape index (κ3) is 1.00. The van der Waals surface area contributed by atoms with Crippen molar-refractivity contribution in [3.05, 3.63) is 34.9 Å². The summed E-state index contributed by atoms with van der Waals surface area (Å²) in [5.74, 6) is 0. The molecule has 1 fully saturated rings. The zero-order valence-electron chi connectivity index (χ0n) is 8.97. The second-order valence-corrected chi connectivity index (χ2v) is 5.13. The maximum absolute atomic E-state index is 2.32. The van der Waals surface area contributed by atoms with Crippen molar-refractivity contribution in [2.24, 2.45) is 0 Å². The summed E-state index contributed by atoms with van der Waals surface area (Å²) in [5.41, 5.74) is 5.51. The Hall–Kier alpha value is -0.780. The van der Waals surface area contributed by atoms with Gasteiger partial charge in [-0.05, 0) is 48.3 Å². The number of benzene rings is 1. The van der Waals surface area contributed by atoms with Crippen molar-refractivity contribution in [1.82, 2.24) is 0 Å². The van der Waals surface area contributed by atoms with Gasteiger partial charge < -0.3 is 0 Å². The lowest BCUT2D eigenvalue weighted by Crippen LogP contribution is -2.41. The molecule has 0 heteroatoms. The topological polar surface area (TPSA) is 0 Å². The summed E-state index contributed by atoms with van der Waals surface area (Å²) in [5, 5.41) is 0. The lowest BCUT2D eigenvalue weighted by molar-refractivity contribution is 0.255. The smallest absolute Gasteiger partial charge is 0.000120 e. The summed E-state index contributed by atoms with van der Waals surface area (Å²) >= 11 is 0. The van der Waals surface area contributed by atoms with E-state index in [4.69, 9.17) is 0 Å². The van der Waals surface area contributed by atoms with Gasteiger partial charge in [-0.2, -0.15) is 0 Å². The van der Waals surface area contributed by atoms with E-state index in [1.54, 1.807) is 11.1 Å². The fraction of sp³-hybridized carbons (Fsp3) is 0.571. The van der Waals surface area contributed by atoms with Gasteiger partial charge in [0.25, 0.3) is 0 Å². The molecule has 0 atom stereocenters. The molecule has 0 aromatic heterocycles. The average molecular weight is 186 g/mol. The monoisotopic (exact) mass is 186 g/mol. The Balaban J connectivity index is 2.03. The lowest BCUT2D eigenvalue weighted by atomic mass is 9.56. The molecule has 1 saturated carbocycles. The molecule has 2 aliphatic rings. The van der Waals surface area contributed by atoms with E-state index in [1.807, 2.05) is 0 Å². The van der Waals surface area contributed by atoms with Crippen LogP contribution in [0.25, 0.3) is 0 Å². The first-order chi connectivity index (χ1) is 6.82. The number of fused-ring (bicyclic) bond motifs is 2. The Morgan fingerprint density at radius 3 is 2.57 bits per heavy atom. The molecule has 14 heavy (non-hydrogen) atoms. The molecule has 0 bridgehead atoms. The van der Waals surface area contributed by atoms with Crippen molar-refractivity contribution >= 4 is 0 Å². The van der Waals surface area contributed by atoms with Crippen molar-refractivity contribution < 1.29 is 0 Å². The van der Waals surface area contributed by atoms with E-state index in [1.165, 1.54) is 44.1 Å². The van der Waals surface area contributed by atoms with Gasteiger partial charge in [0, 0.05) is 0 Å². The second-order valence-electron chi connectivity index (χ2n) is 5.13. The van der Waals surface area contributed by atoms with Crippen LogP contribution in [-0.4, -0.2) is 0 Å². The second kappa shape index (κ2) is 2.85. The molecule has 0 amide bonds. The van der Waals surface area contributed by atoms with Crippen LogP contribution in [0.3, 0.4) is 0 Å². The zero-order chi connectivity index (χ0) is 9.60. The zero-order valence-corrected chi connectivity index (χ0v) is 8.97. The first kappa shape index (κ1) is 8.52. The van der Waals surface area contributed by atoms with Crippen LogP contribution in [0, 0.1) is 6.92 Å². The van der Waals surface area contributed by atoms with E-state index in [0.29, 0.717) is 5.41 Å². The highest BCUT2D eigenvalue weighted by atomic mass is 14.5. The van der Waals surface area contributed by atoms with Crippen LogP contribution in [0.2, 0.25) is 0 Å². The van der Waals surface area contributed by atoms with Crippen LogP contribution >= 0.6 is 0 Å². The summed E-state index contributed by atoms with van der Waals surface area (Å²) in [6.07, 6.45) is 8.63. The summed E-state index contributed by atoms with van der Waals surface area (Å²) in [6, 6.07) is 6.82. The van der Waals surface area contributed by atoms with Crippen molar-refractivity contribution in [2.45, 2.75) is 50.9 Å². The largest absolute Gasteiger partial charge is 0.0617 e. The minimum atomic E-state index is 0.624. The highest BCUT2D eigenvalue weighted by molar-refractivity contribution is 5.50. The summed E-state index contributed by atoms with van der Waals surface area (Å²) in [6.45, 7) is 2.29. The van der Waals surface area contributed by atoms with Gasteiger partial charge in [0.1, 0.15) is 0 Å². The molecule has 3 rings (SSSR count). The quantitative estimate of drug-likeness (QED) is 0.579. The van der Waals surface area contributed by atoms with Gasteiger partial charge >= 0.3 is 0 Å². The van der Waals surface area contributed by atoms with E-state index in [-0.39, 0.29) is 0 Å². The highest BCUT2D eigenvalue weighted by Gasteiger charge is 2.43. The molecule has 74 valence electrons. The Labute approximate surface area is 86.3 Å². The van der Waals surface area contributed by atoms with Gasteiger partial charge in [0.05, 0.1) is 0 Å². The van der Waals surface area contributed by atoms with Crippen molar-refractivity contribution in [2.75, 3.05) is 0 Å². The predicted octanol–water partition coefficient (Wildman–Crippen LogP) is 3.75. The van der Waals surface area contributed by atoms with Crippen LogP contribution in [0.1, 0.15) is 48.8 Å². The number of rotatable bonds is 0. The van der Waals surface area contributed by atoms with Crippen molar-refractivity contribution in [3.8, 4) is 0 Å². The van der Waals surface area contributed by atoms with Gasteiger partial charge in [-0.3, -0.25) is 0 Å². The maximum Gasteiger partial charge on any atom is -0.000120 e. The van der Waals surface area contributed by atoms with Gasteiger partial charge in [-0.15, -0.1) is 0 Å². The average Bonchev–Trinajstić information content (AvgIpc) is 2.17. The van der Waals surface area contributed by atoms with E-state index < -0.39 is 0 Å². The number of hydrogen-bond acceptors (Lipinski definition) is 0. The molecule has 0 aliphatic heterocycles. The first-order valence-electron chi connectivity index (χ1n) is 5.91. The normalized spacial score (nSPS) is 22.9. The highest BCUT2D eigenvalue weighted by Crippen LogP contribution is 2.51. The van der Waals surface area contributed by atoms with Gasteiger partial charge in [-0.25, -0.2) is 0 Å². The number of aryl methyl sites for hydroxylation is 1. The van der Waals surface area contributed by atoms with Crippen LogP contribution in [0.15, 0.2) is 18.2 Å². The van der Waals surface area contributed by atoms with Crippen LogP contribution in [0.5, 0.6) is 0 Å². The molecule has 1 aromatic rings. The molecular weight excluding hydrogens is 168 g/mol. The molecule has 0 heterocycles. The molecule has 1 spiro atoms. The van der Waals surface area contributed by atoms with Gasteiger partial charge in [0.2, 0.25) is 0 Å². The molecular formula is C14H18. The summed E-state index contributed by atoms with van der Waals surface area (Å²) < 4.78 is 0. The third-order valence-corrected chi connectivity index (χ3v) is 4.23. The molecule has 0 radical (unpaired) electrons. The fourth-order valence-corrected chi connectivity index (χ4v) is 3.64. The Morgan fingerprint density at radius 2 is 1.86 bits per heavy atom. The minimum Gasteiger partial charge on any atom is -0.0617 e.